The Hall–Kier alpha value is -1.49. The lowest BCUT2D eigenvalue weighted by Gasteiger charge is -2.51. The summed E-state index contributed by atoms with van der Waals surface area (Å²) >= 11 is 3.63. The van der Waals surface area contributed by atoms with E-state index in [0.717, 1.165) is 60.6 Å². The van der Waals surface area contributed by atoms with Gasteiger partial charge in [0.2, 0.25) is 0 Å². The molecule has 2 aliphatic heterocycles. The fourth-order valence-corrected chi connectivity index (χ4v) is 5.89. The molecule has 2 unspecified atom stereocenters. The third-order valence-electron chi connectivity index (χ3n) is 7.08. The van der Waals surface area contributed by atoms with Crippen LogP contribution in [0.15, 0.2) is 35.1 Å². The largest absolute Gasteiger partial charge is 0.379 e. The molecule has 1 aromatic heterocycles. The molecule has 1 aliphatic carbocycles. The van der Waals surface area contributed by atoms with Crippen LogP contribution < -0.4 is 16.4 Å². The Morgan fingerprint density at radius 2 is 1.77 bits per heavy atom. The van der Waals surface area contributed by atoms with Crippen LogP contribution in [0.5, 0.6) is 0 Å². The van der Waals surface area contributed by atoms with Crippen molar-refractivity contribution in [2.45, 2.75) is 50.2 Å². The van der Waals surface area contributed by atoms with E-state index in [1.165, 1.54) is 12.8 Å². The van der Waals surface area contributed by atoms with Crippen molar-refractivity contribution in [1.29, 1.82) is 0 Å². The summed E-state index contributed by atoms with van der Waals surface area (Å²) in [7, 11) is 1.93. The molecule has 31 heavy (non-hydrogen) atoms. The smallest absolute Gasteiger partial charge is 0.141 e. The highest BCUT2D eigenvalue weighted by molar-refractivity contribution is 9.10. The van der Waals surface area contributed by atoms with Crippen molar-refractivity contribution >= 4 is 27.3 Å². The number of hydrogen-bond acceptors (Lipinski definition) is 7. The molecule has 0 bridgehead atoms. The molecule has 3 heterocycles. The fourth-order valence-electron chi connectivity index (χ4n) is 5.51. The van der Waals surface area contributed by atoms with Crippen LogP contribution in [0.4, 0.5) is 11.4 Å². The normalized spacial score (nSPS) is 30.4. The van der Waals surface area contributed by atoms with Crippen LogP contribution in [0.3, 0.4) is 0 Å². The van der Waals surface area contributed by atoms with E-state index in [4.69, 9.17) is 16.2 Å². The number of fused-ring (bicyclic) bond motifs is 1. The van der Waals surface area contributed by atoms with Crippen molar-refractivity contribution < 1.29 is 4.74 Å². The van der Waals surface area contributed by atoms with E-state index in [9.17, 15) is 0 Å². The van der Waals surface area contributed by atoms with Crippen molar-refractivity contribution in [3.8, 4) is 0 Å². The van der Waals surface area contributed by atoms with E-state index in [0.29, 0.717) is 12.1 Å². The molecule has 8 nitrogen and oxygen atoms in total. The predicted molar refractivity (Wildman–Crippen MR) is 125 cm³/mol. The summed E-state index contributed by atoms with van der Waals surface area (Å²) in [5, 5.41) is 4.38. The molecule has 9 heteroatoms. The second kappa shape index (κ2) is 8.80. The quantitative estimate of drug-likeness (QED) is 0.684. The molecular formula is C22H32BrN7O. The van der Waals surface area contributed by atoms with Gasteiger partial charge in [-0.2, -0.15) is 5.10 Å². The summed E-state index contributed by atoms with van der Waals surface area (Å²) in [6.07, 6.45) is 7.88. The summed E-state index contributed by atoms with van der Waals surface area (Å²) in [4.78, 5) is 7.09. The third kappa shape index (κ3) is 4.03. The number of nitrogens with zero attached hydrogens (tertiary/aromatic N) is 5. The molecule has 3 aliphatic rings. The monoisotopic (exact) mass is 489 g/mol. The summed E-state index contributed by atoms with van der Waals surface area (Å²) in [6, 6.07) is 7.27. The predicted octanol–water partition coefficient (Wildman–Crippen LogP) is 2.48. The van der Waals surface area contributed by atoms with Crippen LogP contribution in [0.25, 0.3) is 0 Å². The highest BCUT2D eigenvalue weighted by atomic mass is 79.9. The number of anilines is 2. The van der Waals surface area contributed by atoms with E-state index in [-0.39, 0.29) is 12.5 Å². The maximum atomic E-state index is 6.91. The van der Waals surface area contributed by atoms with Gasteiger partial charge in [-0.25, -0.2) is 4.90 Å². The summed E-state index contributed by atoms with van der Waals surface area (Å²) in [6.45, 7) is 3.81. The third-order valence-corrected chi connectivity index (χ3v) is 7.57. The average Bonchev–Trinajstić information content (AvgIpc) is 3.21. The first-order valence-corrected chi connectivity index (χ1v) is 12.0. The molecule has 168 valence electrons. The van der Waals surface area contributed by atoms with Gasteiger partial charge < -0.3 is 15.4 Å². The summed E-state index contributed by atoms with van der Waals surface area (Å²) in [5.74, 6) is 0. The Bertz CT molecular complexity index is 907. The minimum atomic E-state index is -0.335. The molecule has 2 aromatic rings. The molecule has 1 saturated carbocycles. The van der Waals surface area contributed by atoms with Gasteiger partial charge in [0.25, 0.3) is 0 Å². The molecule has 2 fully saturated rings. The first-order chi connectivity index (χ1) is 15.0. The number of ether oxygens (including phenoxy) is 1. The van der Waals surface area contributed by atoms with Gasteiger partial charge in [0.05, 0.1) is 37.0 Å². The molecule has 4 N–H and O–H groups in total. The topological polar surface area (TPSA) is 88.8 Å². The fraction of sp³-hybridized carbons (Fsp3) is 0.591. The van der Waals surface area contributed by atoms with Crippen molar-refractivity contribution in [3.63, 3.8) is 0 Å². The maximum Gasteiger partial charge on any atom is 0.141 e. The average molecular weight is 490 g/mol. The van der Waals surface area contributed by atoms with E-state index in [2.05, 4.69) is 47.9 Å². The Kier molecular flexibility index (Phi) is 6.07. The highest BCUT2D eigenvalue weighted by Gasteiger charge is 2.42. The first kappa shape index (κ1) is 21.4. The van der Waals surface area contributed by atoms with Gasteiger partial charge in [0.15, 0.2) is 0 Å². The first-order valence-electron chi connectivity index (χ1n) is 11.2. The van der Waals surface area contributed by atoms with Gasteiger partial charge in [-0.1, -0.05) is 15.9 Å². The minimum Gasteiger partial charge on any atom is -0.379 e. The number of rotatable bonds is 3. The molecule has 0 radical (unpaired) electrons. The standard InChI is InChI=1S/C22H32BrN7O/c1-27-14-18(13-26-27)29-20-7-2-15(23)12-19(20)21(24)30(22(29)25)17-5-3-16(4-6-17)28-8-10-31-11-9-28/h2,7,12-14,16-17,21-22H,3-6,8-11,24-25H2,1H3. The van der Waals surface area contributed by atoms with Crippen LogP contribution in [0.2, 0.25) is 0 Å². The zero-order valence-electron chi connectivity index (χ0n) is 18.0. The SMILES string of the molecule is Cn1cc(N2c3ccc(Br)cc3C(N)N(C3CCC(N4CCOCC4)CC3)C2N)cn1. The van der Waals surface area contributed by atoms with Crippen LogP contribution >= 0.6 is 15.9 Å². The van der Waals surface area contributed by atoms with E-state index in [1.807, 2.05) is 30.2 Å². The number of benzene rings is 1. The van der Waals surface area contributed by atoms with Gasteiger partial charge in [-0.05, 0) is 43.9 Å². The molecule has 2 atom stereocenters. The van der Waals surface area contributed by atoms with E-state index >= 15 is 0 Å². The van der Waals surface area contributed by atoms with Crippen LogP contribution in [0, 0.1) is 0 Å². The Balaban J connectivity index is 1.41. The van der Waals surface area contributed by atoms with Crippen LogP contribution in [-0.2, 0) is 11.8 Å². The lowest BCUT2D eigenvalue weighted by atomic mass is 9.87. The molecule has 1 saturated heterocycles. The van der Waals surface area contributed by atoms with Crippen molar-refractivity contribution in [2.24, 2.45) is 18.5 Å². The number of morpholine rings is 1. The Labute approximate surface area is 192 Å². The van der Waals surface area contributed by atoms with E-state index < -0.39 is 0 Å². The van der Waals surface area contributed by atoms with Gasteiger partial charge in [-0.15, -0.1) is 0 Å². The van der Waals surface area contributed by atoms with Gasteiger partial charge >= 0.3 is 0 Å². The lowest BCUT2D eigenvalue weighted by Crippen LogP contribution is -2.63. The summed E-state index contributed by atoms with van der Waals surface area (Å²) < 4.78 is 8.37. The molecular weight excluding hydrogens is 458 g/mol. The second-order valence-electron chi connectivity index (χ2n) is 8.86. The number of halogens is 1. The van der Waals surface area contributed by atoms with Crippen LogP contribution in [0.1, 0.15) is 37.4 Å². The maximum absolute atomic E-state index is 6.91. The zero-order chi connectivity index (χ0) is 21.5. The molecule has 0 amide bonds. The van der Waals surface area contributed by atoms with Crippen molar-refractivity contribution in [1.82, 2.24) is 19.6 Å². The van der Waals surface area contributed by atoms with Crippen LogP contribution in [-0.4, -0.2) is 64.3 Å². The van der Waals surface area contributed by atoms with Gasteiger partial charge in [-0.3, -0.25) is 15.3 Å². The van der Waals surface area contributed by atoms with Crippen molar-refractivity contribution in [3.05, 3.63) is 40.6 Å². The van der Waals surface area contributed by atoms with Crippen molar-refractivity contribution in [2.75, 3.05) is 31.2 Å². The summed E-state index contributed by atoms with van der Waals surface area (Å²) in [5.41, 5.74) is 16.9. The molecule has 1 aromatic carbocycles. The number of aromatic nitrogens is 2. The number of aryl methyl sites for hydroxylation is 1. The number of hydrogen-bond donors (Lipinski definition) is 2. The minimum absolute atomic E-state index is 0.236. The second-order valence-corrected chi connectivity index (χ2v) is 9.78. The van der Waals surface area contributed by atoms with E-state index in [1.54, 1.807) is 0 Å². The molecule has 0 spiro atoms. The lowest BCUT2D eigenvalue weighted by molar-refractivity contribution is -0.00934. The number of nitrogens with two attached hydrogens (primary N) is 2. The highest BCUT2D eigenvalue weighted by Crippen LogP contribution is 2.43. The van der Waals surface area contributed by atoms with Gasteiger partial charge in [0, 0.05) is 48.5 Å². The van der Waals surface area contributed by atoms with Gasteiger partial charge in [0.1, 0.15) is 6.29 Å². The molecule has 5 rings (SSSR count). The Morgan fingerprint density at radius 3 is 2.45 bits per heavy atom. The zero-order valence-corrected chi connectivity index (χ0v) is 19.6. The Morgan fingerprint density at radius 1 is 1.06 bits per heavy atom.